The van der Waals surface area contributed by atoms with Gasteiger partial charge in [0.25, 0.3) is 0 Å². The molecule has 1 aromatic rings. The van der Waals surface area contributed by atoms with Gasteiger partial charge >= 0.3 is 0 Å². The van der Waals surface area contributed by atoms with Crippen molar-refractivity contribution < 1.29 is 16.8 Å². The van der Waals surface area contributed by atoms with Crippen LogP contribution in [0.4, 0.5) is 0 Å². The normalized spacial score (nSPS) is 12.6. The first-order valence-corrected chi connectivity index (χ1v) is 7.43. The fraction of sp³-hybridized carbons (Fsp3) is 0.250. The average molecular weight is 264 g/mol. The van der Waals surface area contributed by atoms with Crippen molar-refractivity contribution in [2.75, 3.05) is 6.54 Å². The van der Waals surface area contributed by atoms with E-state index < -0.39 is 24.9 Å². The molecule has 1 rings (SSSR count). The molecule has 0 aromatic heterocycles. The molecule has 0 saturated heterocycles. The first kappa shape index (κ1) is 13.1. The van der Waals surface area contributed by atoms with Crippen molar-refractivity contribution in [1.29, 1.82) is 0 Å². The molecule has 6 nitrogen and oxygen atoms in total. The first-order valence-electron chi connectivity index (χ1n) is 4.40. The quantitative estimate of drug-likeness (QED) is 0.773. The van der Waals surface area contributed by atoms with Crippen LogP contribution < -0.4 is 9.86 Å². The molecular weight excluding hydrogens is 252 g/mol. The lowest BCUT2D eigenvalue weighted by Crippen LogP contribution is -2.26. The summed E-state index contributed by atoms with van der Waals surface area (Å²) in [4.78, 5) is -0.740. The lowest BCUT2D eigenvalue weighted by molar-refractivity contribution is 0.575. The number of primary sulfonamides is 1. The van der Waals surface area contributed by atoms with Gasteiger partial charge in [-0.2, -0.15) is 0 Å². The third-order valence-corrected chi connectivity index (χ3v) is 4.48. The van der Waals surface area contributed by atoms with Gasteiger partial charge in [-0.25, -0.2) is 26.7 Å². The van der Waals surface area contributed by atoms with E-state index in [0.717, 1.165) is 6.07 Å². The fourth-order valence-electron chi connectivity index (χ4n) is 1.17. The van der Waals surface area contributed by atoms with Gasteiger partial charge in [-0.05, 0) is 12.1 Å². The minimum atomic E-state index is -4.05. The molecule has 0 atom stereocenters. The summed E-state index contributed by atoms with van der Waals surface area (Å²) in [6.45, 7) is 1.76. The molecule has 0 aliphatic rings. The van der Waals surface area contributed by atoms with E-state index in [2.05, 4.69) is 4.72 Å². The van der Waals surface area contributed by atoms with Gasteiger partial charge in [0.1, 0.15) is 9.79 Å². The average Bonchev–Trinajstić information content (AvgIpc) is 2.16. The fourth-order valence-corrected chi connectivity index (χ4v) is 3.60. The van der Waals surface area contributed by atoms with E-state index in [0.29, 0.717) is 0 Å². The maximum absolute atomic E-state index is 11.7. The van der Waals surface area contributed by atoms with Crippen molar-refractivity contribution in [2.24, 2.45) is 5.14 Å². The molecule has 0 fully saturated rings. The summed E-state index contributed by atoms with van der Waals surface area (Å²) in [5.74, 6) is 0. The van der Waals surface area contributed by atoms with Gasteiger partial charge < -0.3 is 0 Å². The molecule has 0 aliphatic carbocycles. The number of nitrogens with one attached hydrogen (secondary N) is 1. The third kappa shape index (κ3) is 2.79. The molecule has 0 bridgehead atoms. The maximum atomic E-state index is 11.7. The summed E-state index contributed by atoms with van der Waals surface area (Å²) in [7, 11) is -7.89. The highest BCUT2D eigenvalue weighted by Gasteiger charge is 2.22. The van der Waals surface area contributed by atoms with Crippen molar-refractivity contribution in [3.63, 3.8) is 0 Å². The molecule has 8 heteroatoms. The van der Waals surface area contributed by atoms with E-state index in [1.165, 1.54) is 18.2 Å². The molecule has 3 N–H and O–H groups in total. The van der Waals surface area contributed by atoms with E-state index >= 15 is 0 Å². The second-order valence-corrected chi connectivity index (χ2v) is 6.26. The predicted octanol–water partition coefficient (Wildman–Crippen LogP) is -0.368. The van der Waals surface area contributed by atoms with Crippen LogP contribution in [0.2, 0.25) is 0 Å². The highest BCUT2D eigenvalue weighted by atomic mass is 32.2. The van der Waals surface area contributed by atoms with Gasteiger partial charge in [0, 0.05) is 6.54 Å². The highest BCUT2D eigenvalue weighted by Crippen LogP contribution is 2.18. The first-order chi connectivity index (χ1) is 7.29. The van der Waals surface area contributed by atoms with Gasteiger partial charge in [0.2, 0.25) is 20.0 Å². The van der Waals surface area contributed by atoms with Crippen molar-refractivity contribution in [1.82, 2.24) is 4.72 Å². The number of nitrogens with two attached hydrogens (primary N) is 1. The number of hydrogen-bond acceptors (Lipinski definition) is 4. The smallest absolute Gasteiger partial charge is 0.225 e. The van der Waals surface area contributed by atoms with E-state index in [4.69, 9.17) is 5.14 Å². The summed E-state index contributed by atoms with van der Waals surface area (Å²) in [6.07, 6.45) is 0. The summed E-state index contributed by atoms with van der Waals surface area (Å²) in [5.41, 5.74) is 0. The summed E-state index contributed by atoms with van der Waals surface area (Å²) >= 11 is 0. The number of hydrogen-bond donors (Lipinski definition) is 2. The van der Waals surface area contributed by atoms with Crippen LogP contribution in [0.5, 0.6) is 0 Å². The molecule has 0 spiro atoms. The molecule has 0 unspecified atom stereocenters. The second kappa shape index (κ2) is 4.50. The molecule has 0 aliphatic heterocycles. The molecule has 1 aromatic carbocycles. The van der Waals surface area contributed by atoms with Crippen LogP contribution in [0.1, 0.15) is 6.92 Å². The van der Waals surface area contributed by atoms with Crippen LogP contribution in [0.15, 0.2) is 34.1 Å². The predicted molar refractivity (Wildman–Crippen MR) is 58.7 cm³/mol. The van der Waals surface area contributed by atoms with E-state index in [9.17, 15) is 16.8 Å². The molecule has 16 heavy (non-hydrogen) atoms. The number of benzene rings is 1. The Morgan fingerprint density at radius 3 is 2.06 bits per heavy atom. The Kier molecular flexibility index (Phi) is 3.68. The van der Waals surface area contributed by atoms with Crippen molar-refractivity contribution in [3.8, 4) is 0 Å². The number of rotatable bonds is 4. The van der Waals surface area contributed by atoms with Gasteiger partial charge in [0.15, 0.2) is 0 Å². The van der Waals surface area contributed by atoms with Gasteiger partial charge in [-0.3, -0.25) is 0 Å². The van der Waals surface area contributed by atoms with E-state index in [1.54, 1.807) is 6.92 Å². The van der Waals surface area contributed by atoms with Crippen molar-refractivity contribution >= 4 is 20.0 Å². The topological polar surface area (TPSA) is 106 Å². The standard InChI is InChI=1S/C8H12N2O4S2/c1-2-10-16(13,14)8-6-4-3-5-7(8)15(9,11)12/h3-6,10H,2H2,1H3,(H2,9,11,12). The van der Waals surface area contributed by atoms with Crippen LogP contribution in [0, 0.1) is 0 Å². The Morgan fingerprint density at radius 1 is 1.12 bits per heavy atom. The largest absolute Gasteiger partial charge is 0.241 e. The molecule has 0 saturated carbocycles. The Bertz CT molecular complexity index is 578. The summed E-state index contributed by atoms with van der Waals surface area (Å²) < 4.78 is 47.9. The second-order valence-electron chi connectivity index (χ2n) is 2.99. The molecular formula is C8H12N2O4S2. The maximum Gasteiger partial charge on any atom is 0.241 e. The Morgan fingerprint density at radius 2 is 1.62 bits per heavy atom. The number of sulfonamides is 2. The van der Waals surface area contributed by atoms with Crippen LogP contribution in [-0.2, 0) is 20.0 Å². The Hall–Kier alpha value is -0.960. The minimum Gasteiger partial charge on any atom is -0.225 e. The van der Waals surface area contributed by atoms with Crippen LogP contribution >= 0.6 is 0 Å². The zero-order chi connectivity index (χ0) is 12.4. The lowest BCUT2D eigenvalue weighted by Gasteiger charge is -2.08. The lowest BCUT2D eigenvalue weighted by atomic mass is 10.4. The monoisotopic (exact) mass is 264 g/mol. The molecule has 0 amide bonds. The van der Waals surface area contributed by atoms with Crippen molar-refractivity contribution in [3.05, 3.63) is 24.3 Å². The Labute approximate surface area is 94.6 Å². The molecule has 90 valence electrons. The van der Waals surface area contributed by atoms with Crippen LogP contribution in [0.3, 0.4) is 0 Å². The van der Waals surface area contributed by atoms with Crippen molar-refractivity contribution in [2.45, 2.75) is 16.7 Å². The summed E-state index contributed by atoms with van der Waals surface area (Å²) in [6, 6.07) is 5.18. The van der Waals surface area contributed by atoms with E-state index in [1.807, 2.05) is 0 Å². The Balaban J connectivity index is 3.48. The third-order valence-electron chi connectivity index (χ3n) is 1.78. The SMILES string of the molecule is CCNS(=O)(=O)c1ccccc1S(N)(=O)=O. The molecule has 0 heterocycles. The van der Waals surface area contributed by atoms with E-state index in [-0.39, 0.29) is 11.4 Å². The zero-order valence-electron chi connectivity index (χ0n) is 8.54. The van der Waals surface area contributed by atoms with Gasteiger partial charge in [-0.15, -0.1) is 0 Å². The van der Waals surface area contributed by atoms with Gasteiger partial charge in [-0.1, -0.05) is 19.1 Å². The highest BCUT2D eigenvalue weighted by molar-refractivity contribution is 7.92. The van der Waals surface area contributed by atoms with Gasteiger partial charge in [0.05, 0.1) is 0 Å². The molecule has 0 radical (unpaired) electrons. The van der Waals surface area contributed by atoms with Crippen LogP contribution in [-0.4, -0.2) is 23.4 Å². The van der Waals surface area contributed by atoms with Crippen LogP contribution in [0.25, 0.3) is 0 Å². The summed E-state index contributed by atoms with van der Waals surface area (Å²) in [5, 5.41) is 4.93. The minimum absolute atomic E-state index is 0.168. The zero-order valence-corrected chi connectivity index (χ0v) is 10.2.